The second-order valence-electron chi connectivity index (χ2n) is 4.49. The summed E-state index contributed by atoms with van der Waals surface area (Å²) in [7, 11) is 0. The first-order chi connectivity index (χ1) is 7.85. The van der Waals surface area contributed by atoms with Crippen LogP contribution in [0.15, 0.2) is 30.3 Å². The van der Waals surface area contributed by atoms with Crippen molar-refractivity contribution in [2.24, 2.45) is 0 Å². The predicted octanol–water partition coefficient (Wildman–Crippen LogP) is -1.97. The predicted molar refractivity (Wildman–Crippen MR) is 62.9 cm³/mol. The van der Waals surface area contributed by atoms with Gasteiger partial charge in [-0.05, 0) is 0 Å². The number of quaternary nitrogens is 1. The van der Waals surface area contributed by atoms with Crippen molar-refractivity contribution in [2.75, 3.05) is 39.5 Å². The molecule has 0 spiro atoms. The molecule has 2 rings (SSSR count). The van der Waals surface area contributed by atoms with E-state index >= 15 is 0 Å². The highest BCUT2D eigenvalue weighted by molar-refractivity contribution is 5.13. The van der Waals surface area contributed by atoms with Gasteiger partial charge in [0, 0.05) is 5.56 Å². The van der Waals surface area contributed by atoms with E-state index in [1.807, 2.05) is 6.07 Å². The number of nitrogens with zero attached hydrogens (tertiary/aromatic N) is 1. The van der Waals surface area contributed by atoms with E-state index in [4.69, 9.17) is 4.74 Å². The lowest BCUT2D eigenvalue weighted by molar-refractivity contribution is -0.947. The average Bonchev–Trinajstić information content (AvgIpc) is 2.31. The zero-order chi connectivity index (χ0) is 11.3. The molecule has 1 heterocycles. The van der Waals surface area contributed by atoms with E-state index in [0.717, 1.165) is 43.9 Å². The molecule has 0 aromatic heterocycles. The molecular weight excluding hydrogens is 238 g/mol. The summed E-state index contributed by atoms with van der Waals surface area (Å²) in [6.07, 6.45) is 0. The molecule has 1 saturated heterocycles. The van der Waals surface area contributed by atoms with Crippen molar-refractivity contribution < 1.29 is 26.7 Å². The van der Waals surface area contributed by atoms with Crippen LogP contribution in [0, 0.1) is 0 Å². The van der Waals surface area contributed by atoms with Crippen LogP contribution in [-0.4, -0.2) is 49.0 Å². The fourth-order valence-corrected chi connectivity index (χ4v) is 2.37. The quantitative estimate of drug-likeness (QED) is 0.635. The molecule has 0 amide bonds. The van der Waals surface area contributed by atoms with Gasteiger partial charge in [0.2, 0.25) is 0 Å². The van der Waals surface area contributed by atoms with Gasteiger partial charge in [-0.2, -0.15) is 0 Å². The van der Waals surface area contributed by atoms with Gasteiger partial charge in [0.1, 0.15) is 26.2 Å². The van der Waals surface area contributed by atoms with Crippen molar-refractivity contribution in [3.8, 4) is 0 Å². The molecule has 1 aliphatic heterocycles. The number of benzene rings is 1. The normalized spacial score (nSPS) is 18.4. The second kappa shape index (κ2) is 6.97. The number of aliphatic hydroxyl groups is 1. The number of rotatable bonds is 4. The molecule has 1 fully saturated rings. The van der Waals surface area contributed by atoms with Crippen LogP contribution in [-0.2, 0) is 11.3 Å². The molecule has 0 aliphatic carbocycles. The number of hydrogen-bond donors (Lipinski definition) is 1. The number of halogens is 1. The van der Waals surface area contributed by atoms with Gasteiger partial charge in [-0.1, -0.05) is 30.3 Å². The summed E-state index contributed by atoms with van der Waals surface area (Å²) in [4.78, 5) is 0. The Kier molecular flexibility index (Phi) is 5.92. The standard InChI is InChI=1S/C13H20NO2.ClH/c15-9-6-14(7-10-16-11-8-14)12-13-4-2-1-3-5-13;/h1-5,15H,6-12H2;1H/q+1;/p-1. The fraction of sp³-hybridized carbons (Fsp3) is 0.538. The van der Waals surface area contributed by atoms with Gasteiger partial charge < -0.3 is 26.7 Å². The largest absolute Gasteiger partial charge is 1.00 e. The molecule has 3 nitrogen and oxygen atoms in total. The molecule has 1 aliphatic rings. The van der Waals surface area contributed by atoms with E-state index in [1.54, 1.807) is 0 Å². The van der Waals surface area contributed by atoms with Crippen LogP contribution in [0.3, 0.4) is 0 Å². The van der Waals surface area contributed by atoms with Gasteiger partial charge in [0.15, 0.2) is 0 Å². The highest BCUT2D eigenvalue weighted by Gasteiger charge is 2.29. The Balaban J connectivity index is 0.00000144. The topological polar surface area (TPSA) is 29.5 Å². The van der Waals surface area contributed by atoms with E-state index < -0.39 is 0 Å². The molecule has 1 N–H and O–H groups in total. The Bertz CT molecular complexity index is 307. The maximum atomic E-state index is 9.21. The third-order valence-corrected chi connectivity index (χ3v) is 3.36. The van der Waals surface area contributed by atoms with Crippen LogP contribution < -0.4 is 12.4 Å². The van der Waals surface area contributed by atoms with Gasteiger partial charge in [-0.25, -0.2) is 0 Å². The third kappa shape index (κ3) is 3.96. The molecule has 0 atom stereocenters. The first kappa shape index (κ1) is 14.5. The number of aliphatic hydroxyl groups excluding tert-OH is 1. The van der Waals surface area contributed by atoms with Gasteiger partial charge in [-0.15, -0.1) is 0 Å². The maximum Gasteiger partial charge on any atom is 0.105 e. The third-order valence-electron chi connectivity index (χ3n) is 3.36. The monoisotopic (exact) mass is 257 g/mol. The van der Waals surface area contributed by atoms with Crippen LogP contribution in [0.25, 0.3) is 0 Å². The average molecular weight is 258 g/mol. The van der Waals surface area contributed by atoms with Gasteiger partial charge >= 0.3 is 0 Å². The molecule has 17 heavy (non-hydrogen) atoms. The molecule has 1 aromatic carbocycles. The molecule has 0 unspecified atom stereocenters. The molecule has 0 bridgehead atoms. The highest BCUT2D eigenvalue weighted by Crippen LogP contribution is 2.16. The zero-order valence-electron chi connectivity index (χ0n) is 10.0. The summed E-state index contributed by atoms with van der Waals surface area (Å²) < 4.78 is 6.37. The van der Waals surface area contributed by atoms with Gasteiger partial charge in [-0.3, -0.25) is 0 Å². The van der Waals surface area contributed by atoms with E-state index in [1.165, 1.54) is 5.56 Å². The minimum atomic E-state index is 0. The molecular formula is C13H20ClNO2. The van der Waals surface area contributed by atoms with Gasteiger partial charge in [0.05, 0.1) is 19.8 Å². The second-order valence-corrected chi connectivity index (χ2v) is 4.49. The summed E-state index contributed by atoms with van der Waals surface area (Å²) >= 11 is 0. The minimum absolute atomic E-state index is 0. The lowest BCUT2D eigenvalue weighted by Gasteiger charge is -2.41. The molecule has 4 heteroatoms. The summed E-state index contributed by atoms with van der Waals surface area (Å²) in [6, 6.07) is 10.5. The van der Waals surface area contributed by atoms with Crippen LogP contribution in [0.4, 0.5) is 0 Å². The smallest absolute Gasteiger partial charge is 0.105 e. The Labute approximate surface area is 109 Å². The lowest BCUT2D eigenvalue weighted by atomic mass is 10.1. The van der Waals surface area contributed by atoms with E-state index in [0.29, 0.717) is 0 Å². The number of hydrogen-bond acceptors (Lipinski definition) is 2. The number of morpholine rings is 1. The van der Waals surface area contributed by atoms with Crippen molar-refractivity contribution >= 4 is 0 Å². The molecule has 96 valence electrons. The maximum absolute atomic E-state index is 9.21. The van der Waals surface area contributed by atoms with Crippen LogP contribution in [0.1, 0.15) is 5.56 Å². The molecule has 1 aromatic rings. The Morgan fingerprint density at radius 2 is 1.76 bits per heavy atom. The van der Waals surface area contributed by atoms with Crippen molar-refractivity contribution in [3.05, 3.63) is 35.9 Å². The minimum Gasteiger partial charge on any atom is -1.00 e. The van der Waals surface area contributed by atoms with Crippen molar-refractivity contribution in [1.82, 2.24) is 0 Å². The van der Waals surface area contributed by atoms with Crippen LogP contribution >= 0.6 is 0 Å². The first-order valence-corrected chi connectivity index (χ1v) is 5.92. The zero-order valence-corrected chi connectivity index (χ0v) is 10.8. The van der Waals surface area contributed by atoms with Crippen molar-refractivity contribution in [3.63, 3.8) is 0 Å². The van der Waals surface area contributed by atoms with E-state index in [-0.39, 0.29) is 19.0 Å². The number of ether oxygens (including phenoxy) is 1. The van der Waals surface area contributed by atoms with Crippen LogP contribution in [0.2, 0.25) is 0 Å². The van der Waals surface area contributed by atoms with E-state index in [2.05, 4.69) is 24.3 Å². The fourth-order valence-electron chi connectivity index (χ4n) is 2.37. The highest BCUT2D eigenvalue weighted by atomic mass is 35.5. The Morgan fingerprint density at radius 3 is 2.35 bits per heavy atom. The Hall–Kier alpha value is -0.610. The summed E-state index contributed by atoms with van der Waals surface area (Å²) in [5.74, 6) is 0. The van der Waals surface area contributed by atoms with Crippen LogP contribution in [0.5, 0.6) is 0 Å². The summed E-state index contributed by atoms with van der Waals surface area (Å²) in [5.41, 5.74) is 1.35. The lowest BCUT2D eigenvalue weighted by Crippen LogP contribution is -3.00. The Morgan fingerprint density at radius 1 is 1.12 bits per heavy atom. The van der Waals surface area contributed by atoms with Gasteiger partial charge in [0.25, 0.3) is 0 Å². The summed E-state index contributed by atoms with van der Waals surface area (Å²) in [6.45, 7) is 5.74. The van der Waals surface area contributed by atoms with Crippen molar-refractivity contribution in [2.45, 2.75) is 6.54 Å². The summed E-state index contributed by atoms with van der Waals surface area (Å²) in [5, 5.41) is 9.21. The first-order valence-electron chi connectivity index (χ1n) is 5.92. The molecule has 0 radical (unpaired) electrons. The van der Waals surface area contributed by atoms with Crippen molar-refractivity contribution in [1.29, 1.82) is 0 Å². The molecule has 0 saturated carbocycles. The van der Waals surface area contributed by atoms with E-state index in [9.17, 15) is 5.11 Å². The SMILES string of the molecule is OCC[N+]1(Cc2ccccc2)CCOCC1.[Cl-].